The van der Waals surface area contributed by atoms with E-state index in [4.69, 9.17) is 7.85 Å². The molecule has 17 heavy (non-hydrogen) atoms. The lowest BCUT2D eigenvalue weighted by atomic mass is 9.83. The molecule has 0 bridgehead atoms. The summed E-state index contributed by atoms with van der Waals surface area (Å²) in [5, 5.41) is 2.30. The molecule has 3 aromatic rings. The van der Waals surface area contributed by atoms with Gasteiger partial charge in [-0.2, -0.15) is 0 Å². The Kier molecular flexibility index (Phi) is 2.45. The molecule has 0 saturated heterocycles. The van der Waals surface area contributed by atoms with Gasteiger partial charge in [0.1, 0.15) is 7.85 Å². The van der Waals surface area contributed by atoms with Crippen LogP contribution in [0.1, 0.15) is 0 Å². The van der Waals surface area contributed by atoms with E-state index in [1.807, 2.05) is 30.3 Å². The smallest absolute Gasteiger partial charge is 0.0813 e. The van der Waals surface area contributed by atoms with Crippen LogP contribution in [-0.4, -0.2) is 7.85 Å². The van der Waals surface area contributed by atoms with Crippen LogP contribution in [0.3, 0.4) is 0 Å². The Hall–Kier alpha value is -2.02. The standard InChI is InChI=1S/C16H11B/c17-16-14-9-5-4-8-13(14)10-11-15(16)12-6-2-1-3-7-12/h1-11H. The highest BCUT2D eigenvalue weighted by atomic mass is 14.1. The first-order valence-electron chi connectivity index (χ1n) is 5.69. The first-order valence-corrected chi connectivity index (χ1v) is 5.69. The summed E-state index contributed by atoms with van der Waals surface area (Å²) < 4.78 is 0. The van der Waals surface area contributed by atoms with Crippen LogP contribution < -0.4 is 5.46 Å². The van der Waals surface area contributed by atoms with Crippen molar-refractivity contribution in [3.05, 3.63) is 66.7 Å². The Balaban J connectivity index is 2.29. The Morgan fingerprint density at radius 2 is 1.35 bits per heavy atom. The Labute approximate surface area is 102 Å². The second-order valence-electron chi connectivity index (χ2n) is 4.11. The van der Waals surface area contributed by atoms with E-state index in [0.29, 0.717) is 0 Å². The zero-order valence-corrected chi connectivity index (χ0v) is 9.43. The minimum atomic E-state index is 0.856. The molecule has 3 aromatic carbocycles. The van der Waals surface area contributed by atoms with Gasteiger partial charge in [0.2, 0.25) is 0 Å². The average molecular weight is 214 g/mol. The monoisotopic (exact) mass is 214 g/mol. The molecule has 0 amide bonds. The maximum atomic E-state index is 6.25. The van der Waals surface area contributed by atoms with E-state index in [2.05, 4.69) is 36.4 Å². The van der Waals surface area contributed by atoms with Gasteiger partial charge in [0, 0.05) is 0 Å². The quantitative estimate of drug-likeness (QED) is 0.545. The molecule has 0 aromatic heterocycles. The van der Waals surface area contributed by atoms with E-state index in [9.17, 15) is 0 Å². The minimum absolute atomic E-state index is 0.856. The van der Waals surface area contributed by atoms with Crippen LogP contribution in [0.25, 0.3) is 21.9 Å². The summed E-state index contributed by atoms with van der Waals surface area (Å²) in [6.45, 7) is 0. The molecule has 0 aliphatic rings. The van der Waals surface area contributed by atoms with Crippen LogP contribution in [0.4, 0.5) is 0 Å². The molecule has 0 aliphatic carbocycles. The topological polar surface area (TPSA) is 0 Å². The first-order chi connectivity index (χ1) is 8.36. The molecule has 0 saturated carbocycles. The van der Waals surface area contributed by atoms with Crippen LogP contribution in [0.5, 0.6) is 0 Å². The van der Waals surface area contributed by atoms with Gasteiger partial charge in [-0.1, -0.05) is 72.2 Å². The van der Waals surface area contributed by atoms with Gasteiger partial charge >= 0.3 is 0 Å². The summed E-state index contributed by atoms with van der Waals surface area (Å²) in [5.41, 5.74) is 3.12. The van der Waals surface area contributed by atoms with Gasteiger partial charge in [-0.05, 0) is 21.9 Å². The van der Waals surface area contributed by atoms with E-state index in [-0.39, 0.29) is 0 Å². The number of rotatable bonds is 1. The van der Waals surface area contributed by atoms with Gasteiger partial charge in [-0.3, -0.25) is 0 Å². The van der Waals surface area contributed by atoms with Crippen LogP contribution in [-0.2, 0) is 0 Å². The third kappa shape index (κ3) is 1.74. The van der Waals surface area contributed by atoms with Gasteiger partial charge in [-0.25, -0.2) is 0 Å². The molecule has 1 heteroatoms. The Bertz CT molecular complexity index is 657. The fourth-order valence-electron chi connectivity index (χ4n) is 2.17. The van der Waals surface area contributed by atoms with Crippen LogP contribution in [0, 0.1) is 0 Å². The van der Waals surface area contributed by atoms with Crippen molar-refractivity contribution in [1.29, 1.82) is 0 Å². The molecular weight excluding hydrogens is 203 g/mol. The van der Waals surface area contributed by atoms with Gasteiger partial charge < -0.3 is 0 Å². The molecule has 0 heterocycles. The molecular formula is C16H11B. The maximum Gasteiger partial charge on any atom is 0.115 e. The SMILES string of the molecule is [B]c1c(-c2ccccc2)ccc2ccccc12. The van der Waals surface area contributed by atoms with Crippen molar-refractivity contribution in [3.63, 3.8) is 0 Å². The van der Waals surface area contributed by atoms with E-state index in [1.165, 1.54) is 5.39 Å². The lowest BCUT2D eigenvalue weighted by Crippen LogP contribution is -2.08. The normalized spacial score (nSPS) is 10.6. The summed E-state index contributed by atoms with van der Waals surface area (Å²) in [6, 6.07) is 22.7. The lowest BCUT2D eigenvalue weighted by Gasteiger charge is -2.10. The maximum absolute atomic E-state index is 6.25. The number of benzene rings is 3. The summed E-state index contributed by atoms with van der Waals surface area (Å²) in [5.74, 6) is 0. The van der Waals surface area contributed by atoms with Crippen LogP contribution >= 0.6 is 0 Å². The van der Waals surface area contributed by atoms with Crippen molar-refractivity contribution in [3.8, 4) is 11.1 Å². The molecule has 2 radical (unpaired) electrons. The second kappa shape index (κ2) is 4.10. The highest BCUT2D eigenvalue weighted by Crippen LogP contribution is 2.21. The van der Waals surface area contributed by atoms with Crippen molar-refractivity contribution >= 4 is 24.1 Å². The summed E-state index contributed by atoms with van der Waals surface area (Å²) in [7, 11) is 6.25. The number of hydrogen-bond acceptors (Lipinski definition) is 0. The van der Waals surface area contributed by atoms with E-state index in [0.717, 1.165) is 22.0 Å². The molecule has 0 spiro atoms. The van der Waals surface area contributed by atoms with E-state index >= 15 is 0 Å². The predicted molar refractivity (Wildman–Crippen MR) is 74.8 cm³/mol. The van der Waals surface area contributed by atoms with Gasteiger partial charge in [0.05, 0.1) is 0 Å². The number of fused-ring (bicyclic) bond motifs is 1. The zero-order chi connectivity index (χ0) is 11.7. The molecule has 78 valence electrons. The van der Waals surface area contributed by atoms with Crippen molar-refractivity contribution in [1.82, 2.24) is 0 Å². The van der Waals surface area contributed by atoms with Crippen LogP contribution in [0.2, 0.25) is 0 Å². The molecule has 0 nitrogen and oxygen atoms in total. The Morgan fingerprint density at radius 3 is 2.18 bits per heavy atom. The second-order valence-corrected chi connectivity index (χ2v) is 4.11. The van der Waals surface area contributed by atoms with Crippen LogP contribution in [0.15, 0.2) is 66.7 Å². The molecule has 0 atom stereocenters. The average Bonchev–Trinajstić information content (AvgIpc) is 2.40. The van der Waals surface area contributed by atoms with Crippen molar-refractivity contribution in [2.75, 3.05) is 0 Å². The van der Waals surface area contributed by atoms with Gasteiger partial charge in [-0.15, -0.1) is 0 Å². The summed E-state index contributed by atoms with van der Waals surface area (Å²) in [4.78, 5) is 0. The molecule has 0 fully saturated rings. The Morgan fingerprint density at radius 1 is 0.647 bits per heavy atom. The van der Waals surface area contributed by atoms with Gasteiger partial charge in [0.25, 0.3) is 0 Å². The highest BCUT2D eigenvalue weighted by Gasteiger charge is 2.03. The largest absolute Gasteiger partial charge is 0.115 e. The minimum Gasteiger partial charge on any atom is -0.0813 e. The zero-order valence-electron chi connectivity index (χ0n) is 9.43. The number of hydrogen-bond donors (Lipinski definition) is 0. The highest BCUT2D eigenvalue weighted by molar-refractivity contribution is 6.42. The molecule has 0 N–H and O–H groups in total. The van der Waals surface area contributed by atoms with E-state index in [1.54, 1.807) is 0 Å². The third-order valence-corrected chi connectivity index (χ3v) is 3.06. The lowest BCUT2D eigenvalue weighted by molar-refractivity contribution is 1.66. The molecule has 3 rings (SSSR count). The molecule has 0 unspecified atom stereocenters. The van der Waals surface area contributed by atoms with Crippen molar-refractivity contribution < 1.29 is 0 Å². The summed E-state index contributed by atoms with van der Waals surface area (Å²) >= 11 is 0. The van der Waals surface area contributed by atoms with Crippen molar-refractivity contribution in [2.24, 2.45) is 0 Å². The van der Waals surface area contributed by atoms with E-state index < -0.39 is 0 Å². The fourth-order valence-corrected chi connectivity index (χ4v) is 2.17. The summed E-state index contributed by atoms with van der Waals surface area (Å²) in [6.07, 6.45) is 0. The van der Waals surface area contributed by atoms with Crippen molar-refractivity contribution in [2.45, 2.75) is 0 Å². The first kappa shape index (κ1) is 10.2. The third-order valence-electron chi connectivity index (χ3n) is 3.06. The van der Waals surface area contributed by atoms with Gasteiger partial charge in [0.15, 0.2) is 0 Å². The predicted octanol–water partition coefficient (Wildman–Crippen LogP) is 3.30. The molecule has 0 aliphatic heterocycles. The fraction of sp³-hybridized carbons (Fsp3) is 0.